The Morgan fingerprint density at radius 2 is 1.31 bits per heavy atom. The van der Waals surface area contributed by atoms with Crippen LogP contribution in [-0.2, 0) is 0 Å². The molecule has 0 aliphatic rings. The highest BCUT2D eigenvalue weighted by atomic mass is 16.6. The van der Waals surface area contributed by atoms with E-state index in [9.17, 15) is 20.2 Å². The molecule has 1 rings (SSSR count). The second kappa shape index (κ2) is 4.43. The summed E-state index contributed by atoms with van der Waals surface area (Å²) in [7, 11) is 3.02. The summed E-state index contributed by atoms with van der Waals surface area (Å²) >= 11 is 0. The third-order valence-corrected chi connectivity index (χ3v) is 2.05. The summed E-state index contributed by atoms with van der Waals surface area (Å²) in [5.74, 6) is 0. The fourth-order valence-corrected chi connectivity index (χ4v) is 1.28. The number of nitro groups is 2. The van der Waals surface area contributed by atoms with E-state index in [4.69, 9.17) is 0 Å². The van der Waals surface area contributed by atoms with Gasteiger partial charge in [0.25, 0.3) is 11.4 Å². The van der Waals surface area contributed by atoms with Crippen molar-refractivity contribution < 1.29 is 9.85 Å². The normalized spacial score (nSPS) is 9.62. The van der Waals surface area contributed by atoms with E-state index < -0.39 is 9.85 Å². The van der Waals surface area contributed by atoms with Gasteiger partial charge < -0.3 is 10.6 Å². The summed E-state index contributed by atoms with van der Waals surface area (Å²) in [6.07, 6.45) is 0. The zero-order valence-corrected chi connectivity index (χ0v) is 8.68. The van der Waals surface area contributed by atoms with E-state index in [2.05, 4.69) is 10.6 Å². The molecule has 0 atom stereocenters. The van der Waals surface area contributed by atoms with Crippen molar-refractivity contribution in [1.82, 2.24) is 0 Å². The molecule has 86 valence electrons. The summed E-state index contributed by atoms with van der Waals surface area (Å²) in [6.45, 7) is 0. The molecule has 1 aromatic rings. The van der Waals surface area contributed by atoms with Crippen molar-refractivity contribution in [2.45, 2.75) is 0 Å². The van der Waals surface area contributed by atoms with Crippen LogP contribution in [0.15, 0.2) is 12.1 Å². The summed E-state index contributed by atoms with van der Waals surface area (Å²) in [4.78, 5) is 20.0. The topological polar surface area (TPSA) is 110 Å². The quantitative estimate of drug-likeness (QED) is 0.595. The first kappa shape index (κ1) is 11.7. The van der Waals surface area contributed by atoms with Crippen molar-refractivity contribution >= 4 is 22.7 Å². The molecule has 0 aromatic heterocycles. The molecule has 8 nitrogen and oxygen atoms in total. The molecule has 0 heterocycles. The monoisotopic (exact) mass is 226 g/mol. The maximum Gasteiger partial charge on any atom is 0.299 e. The van der Waals surface area contributed by atoms with Crippen LogP contribution in [0.4, 0.5) is 22.7 Å². The molecule has 0 aliphatic heterocycles. The van der Waals surface area contributed by atoms with Crippen LogP contribution >= 0.6 is 0 Å². The van der Waals surface area contributed by atoms with Gasteiger partial charge in [0.2, 0.25) is 0 Å². The predicted molar refractivity (Wildman–Crippen MR) is 58.8 cm³/mol. The zero-order valence-electron chi connectivity index (χ0n) is 8.68. The van der Waals surface area contributed by atoms with E-state index in [1.54, 1.807) is 0 Å². The van der Waals surface area contributed by atoms with Crippen LogP contribution in [0.25, 0.3) is 0 Å². The molecule has 16 heavy (non-hydrogen) atoms. The van der Waals surface area contributed by atoms with Crippen molar-refractivity contribution in [2.24, 2.45) is 0 Å². The molecule has 0 saturated carbocycles. The van der Waals surface area contributed by atoms with Crippen LogP contribution < -0.4 is 10.6 Å². The molecular formula is C8H10N4O4. The molecule has 0 bridgehead atoms. The first-order chi connectivity index (χ1) is 7.51. The van der Waals surface area contributed by atoms with E-state index in [0.717, 1.165) is 6.07 Å². The molecule has 0 fully saturated rings. The lowest BCUT2D eigenvalue weighted by Gasteiger charge is -2.06. The SMILES string of the molecule is CNc1cc(NC)c([N+](=O)[O-])cc1[N+](=O)[O-]. The van der Waals surface area contributed by atoms with Crippen molar-refractivity contribution in [3.8, 4) is 0 Å². The van der Waals surface area contributed by atoms with Gasteiger partial charge in [0.05, 0.1) is 15.9 Å². The standard InChI is InChI=1S/C8H10N4O4/c1-9-5-3-6(10-2)8(12(15)16)4-7(5)11(13)14/h3-4,9-10H,1-2H3. The lowest BCUT2D eigenvalue weighted by Crippen LogP contribution is -2.02. The average molecular weight is 226 g/mol. The van der Waals surface area contributed by atoms with Gasteiger partial charge in [-0.2, -0.15) is 0 Å². The molecule has 0 saturated heterocycles. The Morgan fingerprint density at radius 3 is 1.56 bits per heavy atom. The highest BCUT2D eigenvalue weighted by molar-refractivity contribution is 5.76. The first-order valence-electron chi connectivity index (χ1n) is 4.33. The summed E-state index contributed by atoms with van der Waals surface area (Å²) < 4.78 is 0. The minimum atomic E-state index is -0.668. The molecule has 0 spiro atoms. The Hall–Kier alpha value is -2.38. The molecule has 2 N–H and O–H groups in total. The third-order valence-electron chi connectivity index (χ3n) is 2.05. The number of nitro benzene ring substituents is 2. The largest absolute Gasteiger partial charge is 0.382 e. The molecule has 1 aromatic carbocycles. The van der Waals surface area contributed by atoms with Gasteiger partial charge in [0.1, 0.15) is 11.4 Å². The summed E-state index contributed by atoms with van der Waals surface area (Å²) in [6, 6.07) is 2.26. The lowest BCUT2D eigenvalue weighted by atomic mass is 10.2. The predicted octanol–water partition coefficient (Wildman–Crippen LogP) is 1.59. The molecule has 0 radical (unpaired) electrons. The van der Waals surface area contributed by atoms with Crippen molar-refractivity contribution in [3.63, 3.8) is 0 Å². The van der Waals surface area contributed by atoms with E-state index in [0.29, 0.717) is 0 Å². The fraction of sp³-hybridized carbons (Fsp3) is 0.250. The Labute approximate surface area is 90.6 Å². The molecule has 0 unspecified atom stereocenters. The third kappa shape index (κ3) is 2.00. The van der Waals surface area contributed by atoms with E-state index >= 15 is 0 Å². The van der Waals surface area contributed by atoms with E-state index in [1.807, 2.05) is 0 Å². The fourth-order valence-electron chi connectivity index (χ4n) is 1.28. The van der Waals surface area contributed by atoms with Gasteiger partial charge in [-0.05, 0) is 6.07 Å². The summed E-state index contributed by atoms with van der Waals surface area (Å²) in [5.41, 5.74) is -0.207. The number of rotatable bonds is 4. The molecule has 0 amide bonds. The van der Waals surface area contributed by atoms with Gasteiger partial charge >= 0.3 is 0 Å². The number of anilines is 2. The van der Waals surface area contributed by atoms with Gasteiger partial charge in [-0.15, -0.1) is 0 Å². The van der Waals surface area contributed by atoms with Crippen LogP contribution in [0.3, 0.4) is 0 Å². The van der Waals surface area contributed by atoms with Crippen LogP contribution in [-0.4, -0.2) is 23.9 Å². The number of nitrogens with zero attached hydrogens (tertiary/aromatic N) is 2. The van der Waals surface area contributed by atoms with Crippen LogP contribution in [0, 0.1) is 20.2 Å². The lowest BCUT2D eigenvalue weighted by molar-refractivity contribution is -0.393. The average Bonchev–Trinajstić information content (AvgIpc) is 2.26. The number of benzene rings is 1. The second-order valence-corrected chi connectivity index (χ2v) is 2.90. The highest BCUT2D eigenvalue weighted by Gasteiger charge is 2.23. The first-order valence-corrected chi connectivity index (χ1v) is 4.33. The van der Waals surface area contributed by atoms with E-state index in [1.165, 1.54) is 20.2 Å². The number of hydrogen-bond donors (Lipinski definition) is 2. The number of hydrogen-bond acceptors (Lipinski definition) is 6. The Bertz CT molecular complexity index is 409. The van der Waals surface area contributed by atoms with Gasteiger partial charge in [-0.1, -0.05) is 0 Å². The maximum atomic E-state index is 10.7. The van der Waals surface area contributed by atoms with Gasteiger partial charge in [0.15, 0.2) is 0 Å². The van der Waals surface area contributed by atoms with Gasteiger partial charge in [-0.3, -0.25) is 20.2 Å². The van der Waals surface area contributed by atoms with Gasteiger partial charge in [-0.25, -0.2) is 0 Å². The molecule has 0 aliphatic carbocycles. The molecular weight excluding hydrogens is 216 g/mol. The van der Waals surface area contributed by atoms with Gasteiger partial charge in [0, 0.05) is 14.1 Å². The smallest absolute Gasteiger partial charge is 0.299 e. The maximum absolute atomic E-state index is 10.7. The minimum Gasteiger partial charge on any atom is -0.382 e. The van der Waals surface area contributed by atoms with Crippen LogP contribution in [0.2, 0.25) is 0 Å². The Morgan fingerprint density at radius 1 is 0.938 bits per heavy atom. The highest BCUT2D eigenvalue weighted by Crippen LogP contribution is 2.35. The van der Waals surface area contributed by atoms with Crippen LogP contribution in [0.1, 0.15) is 0 Å². The summed E-state index contributed by atoms with van der Waals surface area (Å²) in [5, 5.41) is 26.6. The second-order valence-electron chi connectivity index (χ2n) is 2.90. The van der Waals surface area contributed by atoms with Crippen molar-refractivity contribution in [2.75, 3.05) is 24.7 Å². The zero-order chi connectivity index (χ0) is 12.3. The number of nitrogens with one attached hydrogen (secondary N) is 2. The molecule has 8 heteroatoms. The van der Waals surface area contributed by atoms with Crippen LogP contribution in [0.5, 0.6) is 0 Å². The Balaban J connectivity index is 3.46. The van der Waals surface area contributed by atoms with Crippen molar-refractivity contribution in [1.29, 1.82) is 0 Å². The van der Waals surface area contributed by atoms with Crippen molar-refractivity contribution in [3.05, 3.63) is 32.4 Å². The Kier molecular flexibility index (Phi) is 3.24. The van der Waals surface area contributed by atoms with E-state index in [-0.39, 0.29) is 22.7 Å². The minimum absolute atomic E-state index is 0.222.